The topological polar surface area (TPSA) is 56.2 Å². The molecule has 0 radical (unpaired) electrons. The van der Waals surface area contributed by atoms with Gasteiger partial charge in [-0.05, 0) is 25.0 Å². The summed E-state index contributed by atoms with van der Waals surface area (Å²) in [4.78, 5) is 10.9. The maximum absolute atomic E-state index is 10.9. The maximum atomic E-state index is 10.9. The van der Waals surface area contributed by atoms with Gasteiger partial charge in [0.05, 0.1) is 0 Å². The van der Waals surface area contributed by atoms with Crippen molar-refractivity contribution in [3.63, 3.8) is 0 Å². The van der Waals surface area contributed by atoms with Crippen LogP contribution in [0.4, 0.5) is 5.69 Å². The Morgan fingerprint density at radius 1 is 1.45 bits per heavy atom. The zero-order valence-electron chi connectivity index (χ0n) is 6.04. The summed E-state index contributed by atoms with van der Waals surface area (Å²) in [7, 11) is 0. The Labute approximate surface area is 63.8 Å². The average molecular weight is 151 g/mol. The van der Waals surface area contributed by atoms with Gasteiger partial charge in [0, 0.05) is 5.92 Å². The molecule has 11 heavy (non-hydrogen) atoms. The summed E-state index contributed by atoms with van der Waals surface area (Å²) >= 11 is 0. The van der Waals surface area contributed by atoms with E-state index in [-0.39, 0.29) is 5.69 Å². The second-order valence-electron chi connectivity index (χ2n) is 2.85. The first-order valence-electron chi connectivity index (χ1n) is 3.67. The Kier molecular flexibility index (Phi) is 1.24. The van der Waals surface area contributed by atoms with Gasteiger partial charge in [-0.25, -0.2) is 4.79 Å². The predicted molar refractivity (Wildman–Crippen MR) is 41.4 cm³/mol. The van der Waals surface area contributed by atoms with Crippen LogP contribution in [-0.4, -0.2) is 0 Å². The van der Waals surface area contributed by atoms with Gasteiger partial charge in [-0.1, -0.05) is 0 Å². The summed E-state index contributed by atoms with van der Waals surface area (Å²) in [5.41, 5.74) is 5.08. The van der Waals surface area contributed by atoms with Crippen LogP contribution < -0.4 is 11.4 Å². The molecule has 0 amide bonds. The largest absolute Gasteiger partial charge is 0.426 e. The highest BCUT2D eigenvalue weighted by Crippen LogP contribution is 2.39. The van der Waals surface area contributed by atoms with Crippen LogP contribution in [0.25, 0.3) is 0 Å². The Balaban J connectivity index is 2.44. The highest BCUT2D eigenvalue weighted by Gasteiger charge is 2.26. The van der Waals surface area contributed by atoms with Crippen molar-refractivity contribution in [2.75, 3.05) is 5.73 Å². The minimum atomic E-state index is -0.408. The lowest BCUT2D eigenvalue weighted by atomic mass is 10.3. The summed E-state index contributed by atoms with van der Waals surface area (Å²) in [6.07, 6.45) is 2.26. The monoisotopic (exact) mass is 151 g/mol. The molecule has 0 atom stereocenters. The predicted octanol–water partition coefficient (Wildman–Crippen LogP) is 1.10. The first-order valence-corrected chi connectivity index (χ1v) is 3.67. The summed E-state index contributed by atoms with van der Waals surface area (Å²) in [6.45, 7) is 0. The van der Waals surface area contributed by atoms with Gasteiger partial charge >= 0.3 is 5.63 Å². The normalized spacial score (nSPS) is 16.7. The van der Waals surface area contributed by atoms with E-state index in [1.165, 1.54) is 0 Å². The zero-order chi connectivity index (χ0) is 7.84. The van der Waals surface area contributed by atoms with Crippen molar-refractivity contribution in [3.05, 3.63) is 28.3 Å². The number of rotatable bonds is 1. The van der Waals surface area contributed by atoms with Gasteiger partial charge in [-0.2, -0.15) is 0 Å². The molecule has 1 saturated carbocycles. The van der Waals surface area contributed by atoms with Crippen LogP contribution in [0, 0.1) is 0 Å². The van der Waals surface area contributed by atoms with Gasteiger partial charge in [0.1, 0.15) is 11.4 Å². The molecule has 0 unspecified atom stereocenters. The number of hydrogen-bond donors (Lipinski definition) is 1. The van der Waals surface area contributed by atoms with Crippen LogP contribution in [0.2, 0.25) is 0 Å². The van der Waals surface area contributed by atoms with Gasteiger partial charge in [0.15, 0.2) is 0 Å². The van der Waals surface area contributed by atoms with Crippen LogP contribution >= 0.6 is 0 Å². The van der Waals surface area contributed by atoms with E-state index >= 15 is 0 Å². The molecule has 2 N–H and O–H groups in total. The molecule has 0 saturated heterocycles. The van der Waals surface area contributed by atoms with E-state index in [2.05, 4.69) is 0 Å². The standard InChI is InChI=1S/C8H9NO2/c9-6-3-4-7(5-1-2-5)11-8(6)10/h3-5H,1-2,9H2. The van der Waals surface area contributed by atoms with Crippen molar-refractivity contribution in [2.45, 2.75) is 18.8 Å². The minimum absolute atomic E-state index is 0.189. The van der Waals surface area contributed by atoms with Crippen LogP contribution in [0.1, 0.15) is 24.5 Å². The number of hydrogen-bond acceptors (Lipinski definition) is 3. The first-order chi connectivity index (χ1) is 5.27. The smallest absolute Gasteiger partial charge is 0.359 e. The molecule has 1 aromatic heterocycles. The Hall–Kier alpha value is -1.25. The van der Waals surface area contributed by atoms with Gasteiger partial charge in [0.2, 0.25) is 0 Å². The molecule has 1 heterocycles. The van der Waals surface area contributed by atoms with E-state index in [0.717, 1.165) is 18.6 Å². The van der Waals surface area contributed by atoms with Crippen molar-refractivity contribution in [1.82, 2.24) is 0 Å². The highest BCUT2D eigenvalue weighted by molar-refractivity contribution is 5.33. The van der Waals surface area contributed by atoms with E-state index in [1.54, 1.807) is 12.1 Å². The molecule has 1 aromatic rings. The second kappa shape index (κ2) is 2.12. The zero-order valence-corrected chi connectivity index (χ0v) is 6.04. The molecular formula is C8H9NO2. The summed E-state index contributed by atoms with van der Waals surface area (Å²) < 4.78 is 4.95. The summed E-state index contributed by atoms with van der Waals surface area (Å²) in [5.74, 6) is 1.26. The molecule has 3 nitrogen and oxygen atoms in total. The van der Waals surface area contributed by atoms with Gasteiger partial charge < -0.3 is 10.2 Å². The summed E-state index contributed by atoms with van der Waals surface area (Å²) in [5, 5.41) is 0. The molecule has 0 bridgehead atoms. The van der Waals surface area contributed by atoms with Crippen molar-refractivity contribution < 1.29 is 4.42 Å². The molecule has 0 spiro atoms. The van der Waals surface area contributed by atoms with E-state index in [9.17, 15) is 4.79 Å². The Morgan fingerprint density at radius 2 is 2.18 bits per heavy atom. The molecule has 1 aliphatic rings. The highest BCUT2D eigenvalue weighted by atomic mass is 16.4. The number of nitrogen functional groups attached to an aromatic ring is 1. The molecule has 0 aliphatic heterocycles. The van der Waals surface area contributed by atoms with Crippen LogP contribution in [0.3, 0.4) is 0 Å². The molecule has 1 aliphatic carbocycles. The van der Waals surface area contributed by atoms with Crippen LogP contribution in [-0.2, 0) is 0 Å². The van der Waals surface area contributed by atoms with E-state index in [4.69, 9.17) is 10.2 Å². The van der Waals surface area contributed by atoms with Crippen molar-refractivity contribution in [1.29, 1.82) is 0 Å². The molecule has 1 fully saturated rings. The quantitative estimate of drug-likeness (QED) is 0.653. The van der Waals surface area contributed by atoms with E-state index in [1.807, 2.05) is 0 Å². The van der Waals surface area contributed by atoms with Crippen LogP contribution in [0.5, 0.6) is 0 Å². The van der Waals surface area contributed by atoms with Gasteiger partial charge in [0.25, 0.3) is 0 Å². The summed E-state index contributed by atoms with van der Waals surface area (Å²) in [6, 6.07) is 3.40. The van der Waals surface area contributed by atoms with E-state index in [0.29, 0.717) is 5.92 Å². The average Bonchev–Trinajstić information content (AvgIpc) is 2.77. The van der Waals surface area contributed by atoms with E-state index < -0.39 is 5.63 Å². The number of nitrogens with two attached hydrogens (primary N) is 1. The number of anilines is 1. The fourth-order valence-corrected chi connectivity index (χ4v) is 1.03. The minimum Gasteiger partial charge on any atom is -0.426 e. The van der Waals surface area contributed by atoms with Crippen LogP contribution in [0.15, 0.2) is 21.3 Å². The lowest BCUT2D eigenvalue weighted by molar-refractivity contribution is 0.464. The van der Waals surface area contributed by atoms with Gasteiger partial charge in [-0.3, -0.25) is 0 Å². The molecule has 58 valence electrons. The van der Waals surface area contributed by atoms with Gasteiger partial charge in [-0.15, -0.1) is 0 Å². The van der Waals surface area contributed by atoms with Crippen molar-refractivity contribution in [3.8, 4) is 0 Å². The SMILES string of the molecule is Nc1ccc(C2CC2)oc1=O. The maximum Gasteiger partial charge on any atom is 0.359 e. The first kappa shape index (κ1) is 6.46. The molecule has 0 aromatic carbocycles. The Bertz CT molecular complexity index is 325. The third kappa shape index (κ3) is 1.13. The molecular weight excluding hydrogens is 142 g/mol. The Morgan fingerprint density at radius 3 is 2.73 bits per heavy atom. The van der Waals surface area contributed by atoms with Crippen molar-refractivity contribution in [2.24, 2.45) is 0 Å². The molecule has 2 rings (SSSR count). The second-order valence-corrected chi connectivity index (χ2v) is 2.85. The fourth-order valence-electron chi connectivity index (χ4n) is 1.03. The third-order valence-electron chi connectivity index (χ3n) is 1.85. The third-order valence-corrected chi connectivity index (χ3v) is 1.85. The lowest BCUT2D eigenvalue weighted by Gasteiger charge is -1.95. The fraction of sp³-hybridized carbons (Fsp3) is 0.375. The molecule has 3 heteroatoms. The lowest BCUT2D eigenvalue weighted by Crippen LogP contribution is -2.06. The van der Waals surface area contributed by atoms with Crippen molar-refractivity contribution >= 4 is 5.69 Å².